The molecule has 0 spiro atoms. The van der Waals surface area contributed by atoms with Crippen molar-refractivity contribution in [2.24, 2.45) is 0 Å². The van der Waals surface area contributed by atoms with Crippen LogP contribution in [-0.4, -0.2) is 24.0 Å². The number of rotatable bonds is 6. The molecule has 0 fully saturated rings. The van der Waals surface area contributed by atoms with Crippen LogP contribution in [0.1, 0.15) is 31.4 Å². The third-order valence-electron chi connectivity index (χ3n) is 3.15. The highest BCUT2D eigenvalue weighted by Crippen LogP contribution is 2.31. The molecular weight excluding hydrogens is 286 g/mol. The highest BCUT2D eigenvalue weighted by atomic mass is 16.6. The van der Waals surface area contributed by atoms with E-state index in [0.717, 1.165) is 11.4 Å². The van der Waals surface area contributed by atoms with Crippen molar-refractivity contribution in [2.45, 2.75) is 26.4 Å². The zero-order chi connectivity index (χ0) is 16.3. The zero-order valence-corrected chi connectivity index (χ0v) is 13.1. The van der Waals surface area contributed by atoms with Crippen LogP contribution in [0.15, 0.2) is 28.8 Å². The standard InChI is InChI=1S/C15H19N3O4/c1-10(2)14-8-16-15(22-14)9-21-13-7-11(17(3)4)5-6-12(13)18(19)20/h5-8,10H,9H2,1-4H3. The molecule has 118 valence electrons. The molecule has 0 aliphatic carbocycles. The topological polar surface area (TPSA) is 81.6 Å². The first-order valence-corrected chi connectivity index (χ1v) is 6.91. The predicted octanol–water partition coefficient (Wildman–Crippen LogP) is 3.35. The van der Waals surface area contributed by atoms with Crippen molar-refractivity contribution < 1.29 is 14.1 Å². The van der Waals surface area contributed by atoms with E-state index in [-0.39, 0.29) is 24.0 Å². The van der Waals surface area contributed by atoms with E-state index in [9.17, 15) is 10.1 Å². The number of aromatic nitrogens is 1. The third-order valence-corrected chi connectivity index (χ3v) is 3.15. The molecule has 0 aliphatic heterocycles. The Balaban J connectivity index is 2.19. The molecule has 0 radical (unpaired) electrons. The van der Waals surface area contributed by atoms with Crippen LogP contribution in [0.3, 0.4) is 0 Å². The molecule has 0 saturated heterocycles. The summed E-state index contributed by atoms with van der Waals surface area (Å²) < 4.78 is 11.1. The number of nitrogens with zero attached hydrogens (tertiary/aromatic N) is 3. The lowest BCUT2D eigenvalue weighted by molar-refractivity contribution is -0.385. The number of hydrogen-bond acceptors (Lipinski definition) is 6. The van der Waals surface area contributed by atoms with Gasteiger partial charge in [0.1, 0.15) is 5.76 Å². The van der Waals surface area contributed by atoms with Gasteiger partial charge in [0.2, 0.25) is 5.89 Å². The monoisotopic (exact) mass is 305 g/mol. The van der Waals surface area contributed by atoms with Gasteiger partial charge in [-0.25, -0.2) is 4.98 Å². The van der Waals surface area contributed by atoms with Crippen LogP contribution in [0.5, 0.6) is 5.75 Å². The Labute approximate surface area is 128 Å². The molecule has 7 nitrogen and oxygen atoms in total. The summed E-state index contributed by atoms with van der Waals surface area (Å²) in [5, 5.41) is 11.1. The summed E-state index contributed by atoms with van der Waals surface area (Å²) >= 11 is 0. The molecule has 1 aromatic carbocycles. The molecule has 0 unspecified atom stereocenters. The minimum atomic E-state index is -0.468. The van der Waals surface area contributed by atoms with E-state index in [1.54, 1.807) is 18.3 Å². The fraction of sp³-hybridized carbons (Fsp3) is 0.400. The SMILES string of the molecule is CC(C)c1cnc(COc2cc(N(C)C)ccc2[N+](=O)[O-])o1. The van der Waals surface area contributed by atoms with Crippen LogP contribution in [0.25, 0.3) is 0 Å². The largest absolute Gasteiger partial charge is 0.477 e. The molecule has 7 heteroatoms. The lowest BCUT2D eigenvalue weighted by atomic mass is 10.2. The van der Waals surface area contributed by atoms with Crippen LogP contribution < -0.4 is 9.64 Å². The molecule has 0 amide bonds. The summed E-state index contributed by atoms with van der Waals surface area (Å²) in [5.74, 6) is 1.58. The second-order valence-electron chi connectivity index (χ2n) is 5.40. The number of benzene rings is 1. The van der Waals surface area contributed by atoms with Crippen molar-refractivity contribution in [3.63, 3.8) is 0 Å². The van der Waals surface area contributed by atoms with Crippen LogP contribution >= 0.6 is 0 Å². The van der Waals surface area contributed by atoms with Crippen LogP contribution in [0, 0.1) is 10.1 Å². The minimum absolute atomic E-state index is 0.0461. The molecule has 0 N–H and O–H groups in total. The fourth-order valence-electron chi connectivity index (χ4n) is 1.84. The van der Waals surface area contributed by atoms with Gasteiger partial charge < -0.3 is 14.1 Å². The molecule has 1 heterocycles. The molecule has 0 aliphatic rings. The lowest BCUT2D eigenvalue weighted by Gasteiger charge is -2.13. The number of anilines is 1. The quantitative estimate of drug-likeness (QED) is 0.601. The first-order valence-electron chi connectivity index (χ1n) is 6.91. The number of oxazole rings is 1. The van der Waals surface area contributed by atoms with E-state index < -0.39 is 4.92 Å². The van der Waals surface area contributed by atoms with E-state index in [2.05, 4.69) is 4.98 Å². The molecular formula is C15H19N3O4. The maximum atomic E-state index is 11.1. The van der Waals surface area contributed by atoms with Gasteiger partial charge >= 0.3 is 5.69 Å². The molecule has 0 bridgehead atoms. The molecule has 22 heavy (non-hydrogen) atoms. The predicted molar refractivity (Wildman–Crippen MR) is 82.3 cm³/mol. The molecule has 2 aromatic rings. The van der Waals surface area contributed by atoms with Gasteiger partial charge in [-0.2, -0.15) is 0 Å². The Morgan fingerprint density at radius 1 is 1.41 bits per heavy atom. The van der Waals surface area contributed by atoms with Crippen molar-refractivity contribution in [1.29, 1.82) is 0 Å². The zero-order valence-electron chi connectivity index (χ0n) is 13.1. The molecule has 1 aromatic heterocycles. The van der Waals surface area contributed by atoms with Gasteiger partial charge in [0.25, 0.3) is 0 Å². The van der Waals surface area contributed by atoms with Crippen molar-refractivity contribution in [1.82, 2.24) is 4.98 Å². The van der Waals surface area contributed by atoms with Gasteiger partial charge in [-0.15, -0.1) is 0 Å². The Morgan fingerprint density at radius 2 is 2.14 bits per heavy atom. The van der Waals surface area contributed by atoms with Gasteiger partial charge in [0, 0.05) is 37.8 Å². The highest BCUT2D eigenvalue weighted by molar-refractivity contribution is 5.58. The van der Waals surface area contributed by atoms with E-state index >= 15 is 0 Å². The van der Waals surface area contributed by atoms with Crippen molar-refractivity contribution in [3.05, 3.63) is 46.2 Å². The smallest absolute Gasteiger partial charge is 0.311 e. The van der Waals surface area contributed by atoms with E-state index in [1.165, 1.54) is 6.07 Å². The fourth-order valence-corrected chi connectivity index (χ4v) is 1.84. The van der Waals surface area contributed by atoms with E-state index in [0.29, 0.717) is 5.89 Å². The summed E-state index contributed by atoms with van der Waals surface area (Å²) in [4.78, 5) is 16.6. The number of nitro benzene ring substituents is 1. The highest BCUT2D eigenvalue weighted by Gasteiger charge is 2.17. The summed E-state index contributed by atoms with van der Waals surface area (Å²) in [5.41, 5.74) is 0.733. The first kappa shape index (κ1) is 15.8. The van der Waals surface area contributed by atoms with Gasteiger partial charge in [0.15, 0.2) is 12.4 Å². The van der Waals surface area contributed by atoms with Gasteiger partial charge in [-0.1, -0.05) is 13.8 Å². The van der Waals surface area contributed by atoms with Crippen molar-refractivity contribution in [3.8, 4) is 5.75 Å². The Morgan fingerprint density at radius 3 is 2.68 bits per heavy atom. The van der Waals surface area contributed by atoms with Gasteiger partial charge in [-0.05, 0) is 6.07 Å². The molecule has 0 atom stereocenters. The van der Waals surface area contributed by atoms with E-state index in [1.807, 2.05) is 32.8 Å². The normalized spacial score (nSPS) is 10.8. The lowest BCUT2D eigenvalue weighted by Crippen LogP contribution is -2.09. The van der Waals surface area contributed by atoms with E-state index in [4.69, 9.17) is 9.15 Å². The second-order valence-corrected chi connectivity index (χ2v) is 5.40. The average Bonchev–Trinajstić information content (AvgIpc) is 2.93. The van der Waals surface area contributed by atoms with Crippen LogP contribution in [0.2, 0.25) is 0 Å². The molecule has 0 saturated carbocycles. The second kappa shape index (κ2) is 6.46. The summed E-state index contributed by atoms with van der Waals surface area (Å²) in [7, 11) is 3.71. The number of ether oxygens (including phenoxy) is 1. The van der Waals surface area contributed by atoms with Crippen molar-refractivity contribution in [2.75, 3.05) is 19.0 Å². The Bertz CT molecular complexity index is 665. The minimum Gasteiger partial charge on any atom is -0.477 e. The molecule has 2 rings (SSSR count). The third kappa shape index (κ3) is 3.55. The summed E-state index contributed by atoms with van der Waals surface area (Å²) in [6.07, 6.45) is 1.65. The number of nitro groups is 1. The summed E-state index contributed by atoms with van der Waals surface area (Å²) in [6.45, 7) is 4.04. The van der Waals surface area contributed by atoms with Crippen molar-refractivity contribution >= 4 is 11.4 Å². The van der Waals surface area contributed by atoms with Gasteiger partial charge in [-0.3, -0.25) is 10.1 Å². The van der Waals surface area contributed by atoms with Crippen LogP contribution in [0.4, 0.5) is 11.4 Å². The first-order chi connectivity index (χ1) is 10.4. The maximum Gasteiger partial charge on any atom is 0.311 e. The Hall–Kier alpha value is -2.57. The average molecular weight is 305 g/mol. The van der Waals surface area contributed by atoms with Gasteiger partial charge in [0.05, 0.1) is 11.1 Å². The maximum absolute atomic E-state index is 11.1. The van der Waals surface area contributed by atoms with Crippen LogP contribution in [-0.2, 0) is 6.61 Å². The summed E-state index contributed by atoms with van der Waals surface area (Å²) in [6, 6.07) is 4.73. The Kier molecular flexibility index (Phi) is 4.65. The number of hydrogen-bond donors (Lipinski definition) is 0.